The summed E-state index contributed by atoms with van der Waals surface area (Å²) in [4.78, 5) is 25.3. The molecule has 0 unspecified atom stereocenters. The van der Waals surface area contributed by atoms with Gasteiger partial charge in [-0.05, 0) is 13.8 Å². The summed E-state index contributed by atoms with van der Waals surface area (Å²) in [6.45, 7) is 3.87. The zero-order valence-corrected chi connectivity index (χ0v) is 10.3. The molecule has 2 rings (SSSR count). The van der Waals surface area contributed by atoms with Gasteiger partial charge in [0.15, 0.2) is 0 Å². The maximum atomic E-state index is 11.9. The summed E-state index contributed by atoms with van der Waals surface area (Å²) < 4.78 is 0. The summed E-state index contributed by atoms with van der Waals surface area (Å²) in [5, 5.41) is 11.1. The molecular weight excluding hydrogens is 240 g/mol. The minimum absolute atomic E-state index is 0.120. The molecule has 0 aromatic carbocycles. The van der Waals surface area contributed by atoms with E-state index in [-0.39, 0.29) is 10.8 Å². The topological polar surface area (TPSA) is 90.6 Å². The van der Waals surface area contributed by atoms with Crippen molar-refractivity contribution in [2.45, 2.75) is 20.4 Å². The SMILES string of the molecule is Cc1n[nH]c(C)c1C(=O)NCc1csc(=O)[nH]1. The van der Waals surface area contributed by atoms with Crippen LogP contribution < -0.4 is 10.2 Å². The number of aromatic nitrogens is 3. The molecule has 2 aromatic heterocycles. The lowest BCUT2D eigenvalue weighted by atomic mass is 10.2. The Labute approximate surface area is 101 Å². The second kappa shape index (κ2) is 4.54. The molecule has 2 heterocycles. The minimum atomic E-state index is -0.194. The van der Waals surface area contributed by atoms with E-state index < -0.39 is 0 Å². The number of aryl methyl sites for hydroxylation is 2. The van der Waals surface area contributed by atoms with Gasteiger partial charge in [0.25, 0.3) is 5.91 Å². The summed E-state index contributed by atoms with van der Waals surface area (Å²) >= 11 is 1.08. The molecule has 6 nitrogen and oxygen atoms in total. The lowest BCUT2D eigenvalue weighted by molar-refractivity contribution is 0.0949. The fourth-order valence-corrected chi connectivity index (χ4v) is 2.13. The zero-order chi connectivity index (χ0) is 12.4. The van der Waals surface area contributed by atoms with Crippen molar-refractivity contribution in [1.82, 2.24) is 20.5 Å². The van der Waals surface area contributed by atoms with Crippen LogP contribution >= 0.6 is 11.3 Å². The number of aromatic amines is 2. The van der Waals surface area contributed by atoms with Crippen LogP contribution in [0, 0.1) is 13.8 Å². The number of rotatable bonds is 3. The van der Waals surface area contributed by atoms with Crippen molar-refractivity contribution >= 4 is 17.2 Å². The van der Waals surface area contributed by atoms with Gasteiger partial charge in [0.05, 0.1) is 17.8 Å². The number of nitrogens with zero attached hydrogens (tertiary/aromatic N) is 1. The van der Waals surface area contributed by atoms with Gasteiger partial charge in [-0.3, -0.25) is 14.7 Å². The third kappa shape index (κ3) is 2.44. The van der Waals surface area contributed by atoms with Crippen LogP contribution in [0.25, 0.3) is 0 Å². The van der Waals surface area contributed by atoms with Crippen LogP contribution in [0.3, 0.4) is 0 Å². The average Bonchev–Trinajstić information content (AvgIpc) is 2.83. The molecule has 0 atom stereocenters. The molecule has 90 valence electrons. The van der Waals surface area contributed by atoms with Gasteiger partial charge in [-0.1, -0.05) is 11.3 Å². The van der Waals surface area contributed by atoms with Crippen LogP contribution in [0.15, 0.2) is 10.2 Å². The Morgan fingerprint density at radius 1 is 1.53 bits per heavy atom. The summed E-state index contributed by atoms with van der Waals surface area (Å²) in [6, 6.07) is 0. The van der Waals surface area contributed by atoms with Crippen LogP contribution in [0.1, 0.15) is 27.4 Å². The van der Waals surface area contributed by atoms with Gasteiger partial charge in [-0.15, -0.1) is 0 Å². The van der Waals surface area contributed by atoms with Gasteiger partial charge in [0, 0.05) is 16.8 Å². The minimum Gasteiger partial charge on any atom is -0.346 e. The lowest BCUT2D eigenvalue weighted by Gasteiger charge is -2.03. The van der Waals surface area contributed by atoms with Crippen LogP contribution in [-0.2, 0) is 6.54 Å². The number of nitrogens with one attached hydrogen (secondary N) is 3. The molecule has 0 aliphatic rings. The fraction of sp³-hybridized carbons (Fsp3) is 0.300. The van der Waals surface area contributed by atoms with Gasteiger partial charge in [-0.25, -0.2) is 0 Å². The van der Waals surface area contributed by atoms with E-state index in [0.29, 0.717) is 23.5 Å². The van der Waals surface area contributed by atoms with E-state index in [0.717, 1.165) is 17.0 Å². The molecule has 0 bridgehead atoms. The largest absolute Gasteiger partial charge is 0.346 e. The highest BCUT2D eigenvalue weighted by Crippen LogP contribution is 2.09. The summed E-state index contributed by atoms with van der Waals surface area (Å²) in [7, 11) is 0. The van der Waals surface area contributed by atoms with Crippen LogP contribution in [0.2, 0.25) is 0 Å². The number of carbonyl (C=O) groups excluding carboxylic acids is 1. The lowest BCUT2D eigenvalue weighted by Crippen LogP contribution is -2.24. The summed E-state index contributed by atoms with van der Waals surface area (Å²) in [5.74, 6) is -0.194. The van der Waals surface area contributed by atoms with E-state index in [2.05, 4.69) is 20.5 Å². The molecular formula is C10H12N4O2S. The Morgan fingerprint density at radius 2 is 2.29 bits per heavy atom. The second-order valence-electron chi connectivity index (χ2n) is 3.67. The van der Waals surface area contributed by atoms with Crippen molar-refractivity contribution in [2.24, 2.45) is 0 Å². The highest BCUT2D eigenvalue weighted by molar-refractivity contribution is 7.07. The molecule has 0 spiro atoms. The third-order valence-corrected chi connectivity index (χ3v) is 3.08. The van der Waals surface area contributed by atoms with Crippen molar-refractivity contribution in [3.63, 3.8) is 0 Å². The predicted molar refractivity (Wildman–Crippen MR) is 64.2 cm³/mol. The van der Waals surface area contributed by atoms with Crippen LogP contribution in [-0.4, -0.2) is 21.1 Å². The monoisotopic (exact) mass is 252 g/mol. The first-order valence-corrected chi connectivity index (χ1v) is 5.92. The van der Waals surface area contributed by atoms with Gasteiger partial charge < -0.3 is 10.3 Å². The first-order valence-electron chi connectivity index (χ1n) is 5.04. The molecule has 0 saturated heterocycles. The van der Waals surface area contributed by atoms with Gasteiger partial charge in [-0.2, -0.15) is 5.10 Å². The Bertz CT molecular complexity index is 576. The number of hydrogen-bond acceptors (Lipinski definition) is 4. The van der Waals surface area contributed by atoms with Crippen molar-refractivity contribution in [3.05, 3.63) is 37.7 Å². The highest BCUT2D eigenvalue weighted by atomic mass is 32.1. The van der Waals surface area contributed by atoms with Crippen molar-refractivity contribution in [1.29, 1.82) is 0 Å². The number of hydrogen-bond donors (Lipinski definition) is 3. The maximum absolute atomic E-state index is 11.9. The third-order valence-electron chi connectivity index (χ3n) is 2.37. The molecule has 3 N–H and O–H groups in total. The molecule has 0 fully saturated rings. The number of amides is 1. The van der Waals surface area contributed by atoms with Gasteiger partial charge in [0.2, 0.25) is 0 Å². The summed E-state index contributed by atoms with van der Waals surface area (Å²) in [5.41, 5.74) is 2.66. The maximum Gasteiger partial charge on any atom is 0.304 e. The second-order valence-corrected chi connectivity index (χ2v) is 4.51. The highest BCUT2D eigenvalue weighted by Gasteiger charge is 2.14. The van der Waals surface area contributed by atoms with Gasteiger partial charge >= 0.3 is 4.87 Å². The van der Waals surface area contributed by atoms with E-state index in [1.165, 1.54) is 0 Å². The molecule has 0 aliphatic carbocycles. The molecule has 7 heteroatoms. The fourth-order valence-electron chi connectivity index (χ4n) is 1.55. The van der Waals surface area contributed by atoms with E-state index in [1.807, 2.05) is 0 Å². The molecule has 0 radical (unpaired) electrons. The Balaban J connectivity index is 2.05. The van der Waals surface area contributed by atoms with Crippen LogP contribution in [0.4, 0.5) is 0 Å². The standard InChI is InChI=1S/C10H12N4O2S/c1-5-8(6(2)14-13-5)9(15)11-3-7-4-17-10(16)12-7/h4H,3H2,1-2H3,(H,11,15)(H,12,16)(H,13,14). The number of H-pyrrole nitrogens is 2. The van der Waals surface area contributed by atoms with Gasteiger partial charge in [0.1, 0.15) is 0 Å². The smallest absolute Gasteiger partial charge is 0.304 e. The Kier molecular flexibility index (Phi) is 3.10. The molecule has 2 aromatic rings. The Morgan fingerprint density at radius 3 is 2.82 bits per heavy atom. The quantitative estimate of drug-likeness (QED) is 0.751. The predicted octanol–water partition coefficient (Wildman–Crippen LogP) is 0.706. The number of carbonyl (C=O) groups is 1. The van der Waals surface area contributed by atoms with E-state index in [4.69, 9.17) is 0 Å². The normalized spacial score (nSPS) is 10.5. The van der Waals surface area contributed by atoms with E-state index >= 15 is 0 Å². The zero-order valence-electron chi connectivity index (χ0n) is 9.46. The molecule has 1 amide bonds. The average molecular weight is 252 g/mol. The number of thiazole rings is 1. The molecule has 17 heavy (non-hydrogen) atoms. The van der Waals surface area contributed by atoms with Crippen molar-refractivity contribution in [2.75, 3.05) is 0 Å². The van der Waals surface area contributed by atoms with Crippen molar-refractivity contribution in [3.8, 4) is 0 Å². The van der Waals surface area contributed by atoms with Crippen molar-refractivity contribution < 1.29 is 4.79 Å². The van der Waals surface area contributed by atoms with E-state index in [1.54, 1.807) is 19.2 Å². The Hall–Kier alpha value is -1.89. The van der Waals surface area contributed by atoms with Crippen LogP contribution in [0.5, 0.6) is 0 Å². The van der Waals surface area contributed by atoms with E-state index in [9.17, 15) is 9.59 Å². The molecule has 0 saturated carbocycles. The molecule has 0 aliphatic heterocycles. The first-order chi connectivity index (χ1) is 8.08. The summed E-state index contributed by atoms with van der Waals surface area (Å²) in [6.07, 6.45) is 0. The first kappa shape index (κ1) is 11.6.